The predicted octanol–water partition coefficient (Wildman–Crippen LogP) is 5.56. The number of urea groups is 1. The Morgan fingerprint density at radius 1 is 0.943 bits per heavy atom. The summed E-state index contributed by atoms with van der Waals surface area (Å²) in [5.74, 6) is 1.06. The Balaban J connectivity index is 1.53. The molecule has 1 aliphatic heterocycles. The van der Waals surface area contributed by atoms with E-state index in [0.29, 0.717) is 45.0 Å². The summed E-state index contributed by atoms with van der Waals surface area (Å²) in [6.45, 7) is 0. The van der Waals surface area contributed by atoms with Crippen LogP contribution >= 0.6 is 11.6 Å². The van der Waals surface area contributed by atoms with E-state index in [4.69, 9.17) is 21.1 Å². The maximum atomic E-state index is 12.8. The number of fused-ring (bicyclic) bond motifs is 1. The van der Waals surface area contributed by atoms with E-state index in [1.165, 1.54) is 12.0 Å². The van der Waals surface area contributed by atoms with Crippen LogP contribution in [0.1, 0.15) is 11.9 Å². The van der Waals surface area contributed by atoms with Gasteiger partial charge in [-0.3, -0.25) is 9.47 Å². The molecule has 1 aromatic heterocycles. The fourth-order valence-corrected chi connectivity index (χ4v) is 4.53. The molecule has 0 aliphatic carbocycles. The van der Waals surface area contributed by atoms with E-state index in [9.17, 15) is 15.0 Å². The monoisotopic (exact) mass is 491 g/mol. The lowest BCUT2D eigenvalue weighted by molar-refractivity contribution is 0.165. The molecule has 1 aliphatic rings. The number of nitrogens with one attached hydrogen (secondary N) is 1. The Morgan fingerprint density at radius 3 is 2.29 bits per heavy atom. The van der Waals surface area contributed by atoms with Gasteiger partial charge in [-0.15, -0.1) is 0 Å². The molecular formula is C26H22ClN3O5. The molecule has 5 rings (SSSR count). The number of methoxy groups -OCH3 is 2. The summed E-state index contributed by atoms with van der Waals surface area (Å²) in [7, 11) is 3.05. The van der Waals surface area contributed by atoms with Crippen LogP contribution in [0.4, 0.5) is 16.2 Å². The molecule has 0 radical (unpaired) electrons. The Kier molecular flexibility index (Phi) is 5.76. The van der Waals surface area contributed by atoms with Crippen molar-refractivity contribution in [3.8, 4) is 34.1 Å². The molecule has 178 valence electrons. The van der Waals surface area contributed by atoms with Crippen molar-refractivity contribution in [2.24, 2.45) is 0 Å². The zero-order valence-corrected chi connectivity index (χ0v) is 19.7. The number of carbonyl (C=O) groups is 1. The number of benzene rings is 3. The molecule has 9 heteroatoms. The van der Waals surface area contributed by atoms with Gasteiger partial charge in [0.1, 0.15) is 10.9 Å². The van der Waals surface area contributed by atoms with Crippen molar-refractivity contribution in [2.45, 2.75) is 6.23 Å². The molecule has 0 fully saturated rings. The first-order valence-corrected chi connectivity index (χ1v) is 11.1. The van der Waals surface area contributed by atoms with Gasteiger partial charge in [-0.1, -0.05) is 35.9 Å². The number of aliphatic hydroxyl groups is 1. The number of phenolic OH excluding ortho intramolecular Hbond substituents is 1. The summed E-state index contributed by atoms with van der Waals surface area (Å²) in [5, 5.41) is 24.9. The number of phenols is 1. The Hall–Kier alpha value is -4.14. The first-order chi connectivity index (χ1) is 16.9. The van der Waals surface area contributed by atoms with Gasteiger partial charge in [0.2, 0.25) is 0 Å². The van der Waals surface area contributed by atoms with Gasteiger partial charge in [0.05, 0.1) is 25.6 Å². The second-order valence-electron chi connectivity index (χ2n) is 7.88. The number of nitrogens with zero attached hydrogens (tertiary/aromatic N) is 2. The number of hydrogen-bond acceptors (Lipinski definition) is 5. The average Bonchev–Trinajstić information content (AvgIpc) is 3.20. The van der Waals surface area contributed by atoms with Gasteiger partial charge in [0, 0.05) is 16.9 Å². The van der Waals surface area contributed by atoms with Crippen LogP contribution in [0.5, 0.6) is 17.2 Å². The van der Waals surface area contributed by atoms with Crippen LogP contribution in [0, 0.1) is 0 Å². The standard InChI is InChI=1S/C26H22ClN3O5/c1-34-18-12-10-17(11-13-18)30-25(32)23-20(28-26(30)33)14-22(27)29(23)16-8-6-15(7-9-16)19-4-3-5-21(35-2)24(19)31/h3-14,25,31-32H,1-2H3,(H,28,33). The molecule has 35 heavy (non-hydrogen) atoms. The highest BCUT2D eigenvalue weighted by Gasteiger charge is 2.36. The lowest BCUT2D eigenvalue weighted by Gasteiger charge is -2.33. The van der Waals surface area contributed by atoms with Gasteiger partial charge >= 0.3 is 6.03 Å². The summed E-state index contributed by atoms with van der Waals surface area (Å²) in [6, 6.07) is 20.5. The molecule has 1 unspecified atom stereocenters. The van der Waals surface area contributed by atoms with Crippen LogP contribution in [0.3, 0.4) is 0 Å². The lowest BCUT2D eigenvalue weighted by atomic mass is 10.0. The number of aromatic nitrogens is 1. The fraction of sp³-hybridized carbons (Fsp3) is 0.115. The van der Waals surface area contributed by atoms with Crippen LogP contribution in [0.2, 0.25) is 5.15 Å². The molecule has 2 amide bonds. The van der Waals surface area contributed by atoms with Crippen LogP contribution in [0.15, 0.2) is 72.8 Å². The Bertz CT molecular complexity index is 1400. The summed E-state index contributed by atoms with van der Waals surface area (Å²) < 4.78 is 12.1. The van der Waals surface area contributed by atoms with Crippen molar-refractivity contribution in [2.75, 3.05) is 24.4 Å². The fourth-order valence-electron chi connectivity index (χ4n) is 4.23. The molecule has 3 aromatic carbocycles. The molecule has 4 aromatic rings. The number of aliphatic hydroxyl groups excluding tert-OH is 1. The molecule has 0 spiro atoms. The number of anilines is 2. The quantitative estimate of drug-likeness (QED) is 0.339. The van der Waals surface area contributed by atoms with E-state index in [1.807, 2.05) is 24.3 Å². The number of carbonyl (C=O) groups excluding carboxylic acids is 1. The highest BCUT2D eigenvalue weighted by Crippen LogP contribution is 2.41. The number of aromatic hydroxyl groups is 1. The summed E-state index contributed by atoms with van der Waals surface area (Å²) >= 11 is 6.55. The molecular weight excluding hydrogens is 470 g/mol. The third-order valence-corrected chi connectivity index (χ3v) is 6.23. The normalized spacial score (nSPS) is 14.9. The van der Waals surface area contributed by atoms with E-state index < -0.39 is 12.3 Å². The van der Waals surface area contributed by atoms with Crippen LogP contribution in [-0.4, -0.2) is 35.0 Å². The second-order valence-corrected chi connectivity index (χ2v) is 8.26. The van der Waals surface area contributed by atoms with Crippen molar-refractivity contribution in [1.29, 1.82) is 0 Å². The van der Waals surface area contributed by atoms with Gasteiger partial charge in [-0.25, -0.2) is 4.79 Å². The van der Waals surface area contributed by atoms with E-state index in [2.05, 4.69) is 5.32 Å². The van der Waals surface area contributed by atoms with E-state index in [0.717, 1.165) is 5.56 Å². The lowest BCUT2D eigenvalue weighted by Crippen LogP contribution is -2.43. The number of amides is 2. The Morgan fingerprint density at radius 2 is 1.63 bits per heavy atom. The zero-order chi connectivity index (χ0) is 24.7. The number of para-hydroxylation sites is 1. The van der Waals surface area contributed by atoms with Crippen molar-refractivity contribution < 1.29 is 24.5 Å². The van der Waals surface area contributed by atoms with Gasteiger partial charge in [-0.2, -0.15) is 0 Å². The number of hydrogen-bond donors (Lipinski definition) is 3. The van der Waals surface area contributed by atoms with Gasteiger partial charge < -0.3 is 25.0 Å². The highest BCUT2D eigenvalue weighted by molar-refractivity contribution is 6.30. The molecule has 8 nitrogen and oxygen atoms in total. The average molecular weight is 492 g/mol. The summed E-state index contributed by atoms with van der Waals surface area (Å²) in [4.78, 5) is 14.0. The van der Waals surface area contributed by atoms with E-state index in [-0.39, 0.29) is 5.75 Å². The first-order valence-electron chi connectivity index (χ1n) is 10.7. The zero-order valence-electron chi connectivity index (χ0n) is 18.9. The van der Waals surface area contributed by atoms with Gasteiger partial charge in [0.15, 0.2) is 17.7 Å². The second kappa shape index (κ2) is 8.90. The SMILES string of the molecule is COc1ccc(N2C(=O)Nc3cc(Cl)n(-c4ccc(-c5cccc(OC)c5O)cc4)c3C2O)cc1. The van der Waals surface area contributed by atoms with Crippen LogP contribution < -0.4 is 19.7 Å². The van der Waals surface area contributed by atoms with Crippen molar-refractivity contribution in [1.82, 2.24) is 4.57 Å². The molecule has 0 saturated heterocycles. The third-order valence-electron chi connectivity index (χ3n) is 5.95. The molecule has 2 heterocycles. The number of ether oxygens (including phenoxy) is 2. The van der Waals surface area contributed by atoms with Crippen molar-refractivity contribution in [3.63, 3.8) is 0 Å². The third kappa shape index (κ3) is 3.82. The van der Waals surface area contributed by atoms with Crippen LogP contribution in [-0.2, 0) is 0 Å². The Labute approximate surface area is 206 Å². The maximum Gasteiger partial charge on any atom is 0.328 e. The largest absolute Gasteiger partial charge is 0.504 e. The minimum Gasteiger partial charge on any atom is -0.504 e. The minimum atomic E-state index is -1.29. The topological polar surface area (TPSA) is 96.2 Å². The van der Waals surface area contributed by atoms with Crippen molar-refractivity contribution >= 4 is 29.0 Å². The highest BCUT2D eigenvalue weighted by atomic mass is 35.5. The van der Waals surface area contributed by atoms with Gasteiger partial charge in [0.25, 0.3) is 0 Å². The number of halogens is 1. The summed E-state index contributed by atoms with van der Waals surface area (Å²) in [5.41, 5.74) is 3.40. The van der Waals surface area contributed by atoms with E-state index >= 15 is 0 Å². The molecule has 3 N–H and O–H groups in total. The molecule has 0 bridgehead atoms. The predicted molar refractivity (Wildman–Crippen MR) is 134 cm³/mol. The van der Waals surface area contributed by atoms with Crippen LogP contribution in [0.25, 0.3) is 16.8 Å². The van der Waals surface area contributed by atoms with E-state index in [1.54, 1.807) is 60.2 Å². The maximum absolute atomic E-state index is 12.8. The smallest absolute Gasteiger partial charge is 0.328 e. The van der Waals surface area contributed by atoms with Gasteiger partial charge in [-0.05, 0) is 54.1 Å². The minimum absolute atomic E-state index is 0.0485. The first kappa shape index (κ1) is 22.6. The number of rotatable bonds is 5. The molecule has 0 saturated carbocycles. The summed E-state index contributed by atoms with van der Waals surface area (Å²) in [6.07, 6.45) is -1.29. The molecule has 1 atom stereocenters. The van der Waals surface area contributed by atoms with Crippen molar-refractivity contribution in [3.05, 3.63) is 83.6 Å².